The van der Waals surface area contributed by atoms with Gasteiger partial charge in [0.05, 0.1) is 11.2 Å². The second-order valence-corrected chi connectivity index (χ2v) is 8.40. The number of sulfonamides is 1. The summed E-state index contributed by atoms with van der Waals surface area (Å²) in [6.07, 6.45) is 1.20. The molecule has 6 heteroatoms. The fourth-order valence-corrected chi connectivity index (χ4v) is 4.64. The van der Waals surface area contributed by atoms with Crippen LogP contribution in [-0.2, 0) is 32.4 Å². The number of fused-ring (bicyclic) bond motifs is 1. The smallest absolute Gasteiger partial charge is 0.243 e. The summed E-state index contributed by atoms with van der Waals surface area (Å²) in [6, 6.07) is 14.2. The van der Waals surface area contributed by atoms with Gasteiger partial charge in [0.15, 0.2) is 0 Å². The number of nitrogens with one attached hydrogen (secondary N) is 1. The average molecular weight is 364 g/mol. The molecule has 2 aromatic rings. The maximum absolute atomic E-state index is 12.7. The summed E-state index contributed by atoms with van der Waals surface area (Å²) in [5.41, 5.74) is 1.49. The number of amides is 1. The molecular formula is C18H18ClNO3S. The lowest BCUT2D eigenvalue weighted by molar-refractivity contribution is -0.124. The first kappa shape index (κ1) is 17.0. The number of rotatable bonds is 4. The van der Waals surface area contributed by atoms with Gasteiger partial charge >= 0.3 is 0 Å². The summed E-state index contributed by atoms with van der Waals surface area (Å²) in [7, 11) is -3.75. The molecule has 3 rings (SSSR count). The van der Waals surface area contributed by atoms with Gasteiger partial charge < -0.3 is 0 Å². The molecular weight excluding hydrogens is 346 g/mol. The van der Waals surface area contributed by atoms with Crippen LogP contribution in [-0.4, -0.2) is 14.3 Å². The van der Waals surface area contributed by atoms with Gasteiger partial charge in [-0.3, -0.25) is 9.52 Å². The van der Waals surface area contributed by atoms with Crippen LogP contribution in [0.2, 0.25) is 5.02 Å². The second-order valence-electron chi connectivity index (χ2n) is 6.27. The molecule has 2 aromatic carbocycles. The number of halogens is 1. The minimum absolute atomic E-state index is 0.224. The van der Waals surface area contributed by atoms with Gasteiger partial charge in [-0.2, -0.15) is 0 Å². The van der Waals surface area contributed by atoms with Gasteiger partial charge in [-0.25, -0.2) is 8.42 Å². The van der Waals surface area contributed by atoms with Crippen molar-refractivity contribution in [2.45, 2.75) is 30.9 Å². The topological polar surface area (TPSA) is 63.2 Å². The normalized spacial score (nSPS) is 19.8. The van der Waals surface area contributed by atoms with E-state index in [1.54, 1.807) is 43.3 Å². The van der Waals surface area contributed by atoms with Crippen molar-refractivity contribution in [2.75, 3.05) is 0 Å². The highest BCUT2D eigenvalue weighted by molar-refractivity contribution is 7.89. The van der Waals surface area contributed by atoms with E-state index >= 15 is 0 Å². The number of carbonyl (C=O) groups excluding carboxylic acids is 1. The first-order valence-corrected chi connectivity index (χ1v) is 9.71. The molecule has 4 nitrogen and oxygen atoms in total. The Kier molecular flexibility index (Phi) is 4.40. The third-order valence-electron chi connectivity index (χ3n) is 4.54. The van der Waals surface area contributed by atoms with Crippen molar-refractivity contribution in [3.05, 3.63) is 70.2 Å². The molecule has 0 radical (unpaired) electrons. The molecule has 0 bridgehead atoms. The lowest BCUT2D eigenvalue weighted by Crippen LogP contribution is -2.44. The predicted molar refractivity (Wildman–Crippen MR) is 94.3 cm³/mol. The molecule has 0 saturated carbocycles. The maximum atomic E-state index is 12.7. The molecule has 1 aliphatic carbocycles. The van der Waals surface area contributed by atoms with Crippen LogP contribution in [0.3, 0.4) is 0 Å². The van der Waals surface area contributed by atoms with Crippen molar-refractivity contribution in [1.29, 1.82) is 0 Å². The molecule has 0 fully saturated rings. The Labute approximate surface area is 146 Å². The molecule has 1 N–H and O–H groups in total. The van der Waals surface area contributed by atoms with E-state index in [0.717, 1.165) is 11.1 Å². The van der Waals surface area contributed by atoms with Crippen LogP contribution in [0.25, 0.3) is 0 Å². The first-order valence-electron chi connectivity index (χ1n) is 7.68. The van der Waals surface area contributed by atoms with Crippen molar-refractivity contribution < 1.29 is 13.2 Å². The Morgan fingerprint density at radius 2 is 1.88 bits per heavy atom. The van der Waals surface area contributed by atoms with E-state index in [2.05, 4.69) is 4.72 Å². The van der Waals surface area contributed by atoms with Crippen LogP contribution in [0.4, 0.5) is 0 Å². The standard InChI is InChI=1S/C18H18ClNO3S/c1-18(11-10-14-15(18)8-5-9-16(14)19)17(21)20-24(22,23)12-13-6-3-2-4-7-13/h2-9H,10-12H2,1H3,(H,20,21). The SMILES string of the molecule is CC1(C(=O)NS(=O)(=O)Cc2ccccc2)CCc2c(Cl)cccc21. The van der Waals surface area contributed by atoms with Gasteiger partial charge in [-0.05, 0) is 42.5 Å². The Morgan fingerprint density at radius 1 is 1.17 bits per heavy atom. The lowest BCUT2D eigenvalue weighted by atomic mass is 9.83. The summed E-state index contributed by atoms with van der Waals surface area (Å²) in [5.74, 6) is -0.725. The van der Waals surface area contributed by atoms with E-state index in [9.17, 15) is 13.2 Å². The van der Waals surface area contributed by atoms with E-state index in [1.807, 2.05) is 12.1 Å². The molecule has 0 heterocycles. The predicted octanol–water partition coefficient (Wildman–Crippen LogP) is 3.19. The quantitative estimate of drug-likeness (QED) is 0.907. The third kappa shape index (κ3) is 3.19. The van der Waals surface area contributed by atoms with Gasteiger partial charge in [0.1, 0.15) is 0 Å². The van der Waals surface area contributed by atoms with Crippen LogP contribution in [0.1, 0.15) is 30.0 Å². The summed E-state index contributed by atoms with van der Waals surface area (Å²) >= 11 is 6.19. The van der Waals surface area contributed by atoms with E-state index in [1.165, 1.54) is 0 Å². The van der Waals surface area contributed by atoms with Crippen molar-refractivity contribution in [3.8, 4) is 0 Å². The zero-order valence-electron chi connectivity index (χ0n) is 13.3. The highest BCUT2D eigenvalue weighted by Gasteiger charge is 2.43. The molecule has 1 atom stereocenters. The number of hydrogen-bond acceptors (Lipinski definition) is 3. The minimum atomic E-state index is -3.75. The van der Waals surface area contributed by atoms with E-state index in [4.69, 9.17) is 11.6 Å². The fourth-order valence-electron chi connectivity index (χ4n) is 3.16. The van der Waals surface area contributed by atoms with Gasteiger partial charge in [0.2, 0.25) is 15.9 Å². The molecule has 1 unspecified atom stereocenters. The molecule has 126 valence electrons. The zero-order chi connectivity index (χ0) is 17.4. The molecule has 0 aliphatic heterocycles. The average Bonchev–Trinajstić information content (AvgIpc) is 2.88. The Hall–Kier alpha value is -1.85. The maximum Gasteiger partial charge on any atom is 0.243 e. The largest absolute Gasteiger partial charge is 0.273 e. The van der Waals surface area contributed by atoms with E-state index in [-0.39, 0.29) is 5.75 Å². The first-order chi connectivity index (χ1) is 11.3. The molecule has 24 heavy (non-hydrogen) atoms. The highest BCUT2D eigenvalue weighted by atomic mass is 35.5. The minimum Gasteiger partial charge on any atom is -0.273 e. The summed E-state index contributed by atoms with van der Waals surface area (Å²) in [6.45, 7) is 1.77. The summed E-state index contributed by atoms with van der Waals surface area (Å²) in [4.78, 5) is 12.7. The van der Waals surface area contributed by atoms with Crippen molar-refractivity contribution in [3.63, 3.8) is 0 Å². The van der Waals surface area contributed by atoms with Gasteiger partial charge in [0.25, 0.3) is 0 Å². The second kappa shape index (κ2) is 6.22. The monoisotopic (exact) mass is 363 g/mol. The van der Waals surface area contributed by atoms with Crippen LogP contribution in [0.15, 0.2) is 48.5 Å². The van der Waals surface area contributed by atoms with Gasteiger partial charge in [0, 0.05) is 5.02 Å². The Morgan fingerprint density at radius 3 is 2.58 bits per heavy atom. The number of hydrogen-bond donors (Lipinski definition) is 1. The van der Waals surface area contributed by atoms with Gasteiger partial charge in [-0.15, -0.1) is 0 Å². The van der Waals surface area contributed by atoms with Crippen molar-refractivity contribution in [2.24, 2.45) is 0 Å². The zero-order valence-corrected chi connectivity index (χ0v) is 14.8. The summed E-state index contributed by atoms with van der Waals surface area (Å²) in [5, 5.41) is 0.621. The van der Waals surface area contributed by atoms with Crippen molar-refractivity contribution >= 4 is 27.5 Å². The number of carbonyl (C=O) groups is 1. The van der Waals surface area contributed by atoms with Crippen LogP contribution in [0, 0.1) is 0 Å². The fraction of sp³-hybridized carbons (Fsp3) is 0.278. The Balaban J connectivity index is 1.82. The number of benzene rings is 2. The van der Waals surface area contributed by atoms with Gasteiger partial charge in [-0.1, -0.05) is 54.1 Å². The van der Waals surface area contributed by atoms with Crippen LogP contribution < -0.4 is 4.72 Å². The molecule has 0 saturated heterocycles. The molecule has 0 spiro atoms. The molecule has 1 amide bonds. The van der Waals surface area contributed by atoms with Crippen LogP contribution in [0.5, 0.6) is 0 Å². The van der Waals surface area contributed by atoms with E-state index < -0.39 is 21.3 Å². The lowest BCUT2D eigenvalue weighted by Gasteiger charge is -2.24. The Bertz CT molecular complexity index is 880. The highest BCUT2D eigenvalue weighted by Crippen LogP contribution is 2.41. The van der Waals surface area contributed by atoms with E-state index in [0.29, 0.717) is 23.4 Å². The van der Waals surface area contributed by atoms with Crippen molar-refractivity contribution in [1.82, 2.24) is 4.72 Å². The van der Waals surface area contributed by atoms with Crippen LogP contribution >= 0.6 is 11.6 Å². The molecule has 1 aliphatic rings. The third-order valence-corrected chi connectivity index (χ3v) is 6.10. The molecule has 0 aromatic heterocycles. The summed E-state index contributed by atoms with van der Waals surface area (Å²) < 4.78 is 26.9.